The van der Waals surface area contributed by atoms with Gasteiger partial charge in [0.15, 0.2) is 5.75 Å². The number of hydrogen-bond acceptors (Lipinski definition) is 4. The van der Waals surface area contributed by atoms with Crippen LogP contribution in [0.15, 0.2) is 65.8 Å². The molecule has 6 nitrogen and oxygen atoms in total. The highest BCUT2D eigenvalue weighted by Crippen LogP contribution is 2.31. The van der Waals surface area contributed by atoms with Crippen LogP contribution in [0.3, 0.4) is 0 Å². The number of ether oxygens (including phenoxy) is 1. The highest BCUT2D eigenvalue weighted by Gasteiger charge is 2.18. The molecule has 0 unspecified atom stereocenters. The molecule has 0 amide bonds. The Labute approximate surface area is 147 Å². The predicted molar refractivity (Wildman–Crippen MR) is 96.4 cm³/mol. The molecule has 1 N–H and O–H groups in total. The lowest BCUT2D eigenvalue weighted by molar-refractivity contribution is 0.484. The molecule has 0 aliphatic rings. The van der Waals surface area contributed by atoms with Crippen molar-refractivity contribution >= 4 is 15.7 Å². The summed E-state index contributed by atoms with van der Waals surface area (Å²) in [5, 5.41) is 4.01. The smallest absolute Gasteiger partial charge is 0.265 e. The third-order valence-electron chi connectivity index (χ3n) is 3.59. The first kappa shape index (κ1) is 17.0. The van der Waals surface area contributed by atoms with Crippen LogP contribution in [0.4, 0.5) is 5.69 Å². The van der Waals surface area contributed by atoms with Crippen molar-refractivity contribution < 1.29 is 13.2 Å². The van der Waals surface area contributed by atoms with Gasteiger partial charge in [0.1, 0.15) is 10.6 Å². The van der Waals surface area contributed by atoms with Gasteiger partial charge in [-0.1, -0.05) is 24.3 Å². The topological polar surface area (TPSA) is 73.2 Å². The Morgan fingerprint density at radius 2 is 1.96 bits per heavy atom. The maximum atomic E-state index is 12.6. The minimum Gasteiger partial charge on any atom is -0.455 e. The van der Waals surface area contributed by atoms with Crippen LogP contribution in [-0.2, 0) is 16.6 Å². The molecule has 130 valence electrons. The van der Waals surface area contributed by atoms with Gasteiger partial charge in [0, 0.05) is 12.7 Å². The fourth-order valence-electron chi connectivity index (χ4n) is 2.31. The lowest BCUT2D eigenvalue weighted by Gasteiger charge is -2.13. The van der Waals surface area contributed by atoms with E-state index in [0.717, 1.165) is 5.56 Å². The van der Waals surface area contributed by atoms with Gasteiger partial charge in [0.25, 0.3) is 10.0 Å². The van der Waals surface area contributed by atoms with Crippen molar-refractivity contribution in [2.45, 2.75) is 25.3 Å². The summed E-state index contributed by atoms with van der Waals surface area (Å²) < 4.78 is 35.1. The standard InChI is InChI=1S/C18H19N3O3S/c1-3-21-13-16(12-19-21)25(22,23)20-17-9-4-5-10-18(17)24-15-8-6-7-14(2)11-15/h4-13,20H,3H2,1-2H3. The maximum absolute atomic E-state index is 12.6. The normalized spacial score (nSPS) is 11.3. The first-order valence-corrected chi connectivity index (χ1v) is 9.35. The molecule has 3 aromatic rings. The first-order valence-electron chi connectivity index (χ1n) is 7.87. The molecule has 7 heteroatoms. The van der Waals surface area contributed by atoms with E-state index in [4.69, 9.17) is 4.74 Å². The average Bonchev–Trinajstić information content (AvgIpc) is 3.07. The highest BCUT2D eigenvalue weighted by molar-refractivity contribution is 7.92. The third kappa shape index (κ3) is 4.00. The number of para-hydroxylation sites is 2. The van der Waals surface area contributed by atoms with Crippen molar-refractivity contribution in [1.29, 1.82) is 0 Å². The number of anilines is 1. The predicted octanol–water partition coefficient (Wildman–Crippen LogP) is 3.80. The summed E-state index contributed by atoms with van der Waals surface area (Å²) >= 11 is 0. The van der Waals surface area contributed by atoms with E-state index in [1.165, 1.54) is 12.4 Å². The molecule has 0 fully saturated rings. The molecule has 1 aromatic heterocycles. The summed E-state index contributed by atoms with van der Waals surface area (Å²) in [6.45, 7) is 4.46. The molecular weight excluding hydrogens is 338 g/mol. The summed E-state index contributed by atoms with van der Waals surface area (Å²) in [5.74, 6) is 1.07. The van der Waals surface area contributed by atoms with Crippen LogP contribution in [-0.4, -0.2) is 18.2 Å². The molecule has 0 spiro atoms. The van der Waals surface area contributed by atoms with Crippen LogP contribution in [0.5, 0.6) is 11.5 Å². The average molecular weight is 357 g/mol. The second kappa shape index (κ2) is 6.98. The zero-order valence-corrected chi connectivity index (χ0v) is 14.8. The molecule has 0 radical (unpaired) electrons. The van der Waals surface area contributed by atoms with Gasteiger partial charge in [-0.2, -0.15) is 5.10 Å². The Bertz CT molecular complexity index is 980. The SMILES string of the molecule is CCn1cc(S(=O)(=O)Nc2ccccc2Oc2cccc(C)c2)cn1. The van der Waals surface area contributed by atoms with E-state index in [9.17, 15) is 8.42 Å². The molecule has 0 saturated heterocycles. The summed E-state index contributed by atoms with van der Waals surface area (Å²) in [5.41, 5.74) is 1.43. The molecule has 25 heavy (non-hydrogen) atoms. The number of nitrogens with one attached hydrogen (secondary N) is 1. The Balaban J connectivity index is 1.88. The van der Waals surface area contributed by atoms with Crippen molar-refractivity contribution in [3.05, 3.63) is 66.5 Å². The number of aryl methyl sites for hydroxylation is 2. The van der Waals surface area contributed by atoms with Crippen LogP contribution in [0.1, 0.15) is 12.5 Å². The van der Waals surface area contributed by atoms with Gasteiger partial charge >= 0.3 is 0 Å². The minimum atomic E-state index is -3.74. The van der Waals surface area contributed by atoms with E-state index in [2.05, 4.69) is 9.82 Å². The zero-order valence-electron chi connectivity index (χ0n) is 14.0. The summed E-state index contributed by atoms with van der Waals surface area (Å²) in [7, 11) is -3.74. The van der Waals surface area contributed by atoms with Crippen LogP contribution in [0, 0.1) is 6.92 Å². The lowest BCUT2D eigenvalue weighted by Crippen LogP contribution is -2.13. The van der Waals surface area contributed by atoms with Crippen molar-refractivity contribution in [2.24, 2.45) is 0 Å². The number of nitrogens with zero attached hydrogens (tertiary/aromatic N) is 2. The number of aromatic nitrogens is 2. The second-order valence-electron chi connectivity index (χ2n) is 5.55. The van der Waals surface area contributed by atoms with E-state index in [1.54, 1.807) is 28.9 Å². The number of hydrogen-bond donors (Lipinski definition) is 1. The van der Waals surface area contributed by atoms with E-state index in [0.29, 0.717) is 23.7 Å². The first-order chi connectivity index (χ1) is 12.0. The van der Waals surface area contributed by atoms with Crippen molar-refractivity contribution in [1.82, 2.24) is 9.78 Å². The molecule has 0 aliphatic carbocycles. The summed E-state index contributed by atoms with van der Waals surface area (Å²) in [6.07, 6.45) is 2.82. The Morgan fingerprint density at radius 1 is 1.16 bits per heavy atom. The van der Waals surface area contributed by atoms with E-state index >= 15 is 0 Å². The molecule has 0 atom stereocenters. The minimum absolute atomic E-state index is 0.111. The van der Waals surface area contributed by atoms with Gasteiger partial charge in [0.2, 0.25) is 0 Å². The molecule has 2 aromatic carbocycles. The lowest BCUT2D eigenvalue weighted by atomic mass is 10.2. The molecule has 1 heterocycles. The van der Waals surface area contributed by atoms with Crippen LogP contribution < -0.4 is 9.46 Å². The van der Waals surface area contributed by atoms with E-state index < -0.39 is 10.0 Å². The van der Waals surface area contributed by atoms with Gasteiger partial charge in [-0.05, 0) is 43.7 Å². The summed E-state index contributed by atoms with van der Waals surface area (Å²) in [6, 6.07) is 14.5. The fraction of sp³-hybridized carbons (Fsp3) is 0.167. The number of rotatable bonds is 6. The van der Waals surface area contributed by atoms with Crippen LogP contribution in [0.2, 0.25) is 0 Å². The van der Waals surface area contributed by atoms with Gasteiger partial charge in [-0.15, -0.1) is 0 Å². The van der Waals surface area contributed by atoms with E-state index in [-0.39, 0.29) is 4.90 Å². The number of sulfonamides is 1. The van der Waals surface area contributed by atoms with Crippen molar-refractivity contribution in [2.75, 3.05) is 4.72 Å². The van der Waals surface area contributed by atoms with Gasteiger partial charge in [0.05, 0.1) is 11.9 Å². The quantitative estimate of drug-likeness (QED) is 0.728. The Kier molecular flexibility index (Phi) is 4.76. The Hall–Kier alpha value is -2.80. The van der Waals surface area contributed by atoms with Gasteiger partial charge < -0.3 is 4.74 Å². The number of benzene rings is 2. The van der Waals surface area contributed by atoms with E-state index in [1.807, 2.05) is 38.1 Å². The zero-order chi connectivity index (χ0) is 17.9. The third-order valence-corrected chi connectivity index (χ3v) is 4.91. The van der Waals surface area contributed by atoms with Crippen molar-refractivity contribution in [3.8, 4) is 11.5 Å². The van der Waals surface area contributed by atoms with Crippen molar-refractivity contribution in [3.63, 3.8) is 0 Å². The molecule has 0 saturated carbocycles. The van der Waals surface area contributed by atoms with Crippen LogP contribution >= 0.6 is 0 Å². The Morgan fingerprint density at radius 3 is 2.68 bits per heavy atom. The largest absolute Gasteiger partial charge is 0.455 e. The molecule has 0 bridgehead atoms. The maximum Gasteiger partial charge on any atom is 0.265 e. The monoisotopic (exact) mass is 357 g/mol. The fourth-order valence-corrected chi connectivity index (χ4v) is 3.33. The highest BCUT2D eigenvalue weighted by atomic mass is 32.2. The van der Waals surface area contributed by atoms with Crippen LogP contribution in [0.25, 0.3) is 0 Å². The molecular formula is C18H19N3O3S. The summed E-state index contributed by atoms with van der Waals surface area (Å²) in [4.78, 5) is 0.111. The van der Waals surface area contributed by atoms with Gasteiger partial charge in [-0.25, -0.2) is 8.42 Å². The second-order valence-corrected chi connectivity index (χ2v) is 7.23. The molecule has 3 rings (SSSR count). The molecule has 0 aliphatic heterocycles. The van der Waals surface area contributed by atoms with Gasteiger partial charge in [-0.3, -0.25) is 9.40 Å².